The molecule has 0 aliphatic heterocycles. The molecular formula is C6H6N4. The van der Waals surface area contributed by atoms with Crippen LogP contribution in [0.15, 0.2) is 24.8 Å². The van der Waals surface area contributed by atoms with Gasteiger partial charge >= 0.3 is 0 Å². The van der Waals surface area contributed by atoms with Crippen LogP contribution >= 0.6 is 0 Å². The molecule has 0 aromatic carbocycles. The van der Waals surface area contributed by atoms with Gasteiger partial charge < -0.3 is 5.73 Å². The summed E-state index contributed by atoms with van der Waals surface area (Å²) in [5.74, 6) is 0. The van der Waals surface area contributed by atoms with E-state index in [9.17, 15) is 0 Å². The van der Waals surface area contributed by atoms with Crippen LogP contribution in [-0.2, 0) is 0 Å². The van der Waals surface area contributed by atoms with Crippen LogP contribution < -0.4 is 5.73 Å². The van der Waals surface area contributed by atoms with Gasteiger partial charge in [-0.25, -0.2) is 9.50 Å². The van der Waals surface area contributed by atoms with Crippen LogP contribution in [-0.4, -0.2) is 14.6 Å². The predicted molar refractivity (Wildman–Crippen MR) is 37.4 cm³/mol. The van der Waals surface area contributed by atoms with E-state index >= 15 is 0 Å². The molecule has 4 heteroatoms. The summed E-state index contributed by atoms with van der Waals surface area (Å²) >= 11 is 0. The summed E-state index contributed by atoms with van der Waals surface area (Å²) in [5.41, 5.74) is 7.13. The van der Waals surface area contributed by atoms with Gasteiger partial charge in [-0.15, -0.1) is 0 Å². The topological polar surface area (TPSA) is 56.2 Å². The molecule has 0 aliphatic rings. The van der Waals surface area contributed by atoms with Crippen LogP contribution in [0.25, 0.3) is 5.52 Å². The van der Waals surface area contributed by atoms with Crippen molar-refractivity contribution in [2.24, 2.45) is 0 Å². The normalized spacial score (nSPS) is 10.4. The first-order valence-corrected chi connectivity index (χ1v) is 2.91. The first-order chi connectivity index (χ1) is 4.88. The highest BCUT2D eigenvalue weighted by molar-refractivity contribution is 5.68. The van der Waals surface area contributed by atoms with Gasteiger partial charge in [0.25, 0.3) is 0 Å². The minimum absolute atomic E-state index is 0.709. The van der Waals surface area contributed by atoms with E-state index in [0.29, 0.717) is 5.69 Å². The Morgan fingerprint density at radius 3 is 3.20 bits per heavy atom. The van der Waals surface area contributed by atoms with E-state index < -0.39 is 0 Å². The number of aromatic nitrogens is 3. The van der Waals surface area contributed by atoms with E-state index in [-0.39, 0.29) is 0 Å². The highest BCUT2D eigenvalue weighted by atomic mass is 15.2. The van der Waals surface area contributed by atoms with Gasteiger partial charge in [-0.1, -0.05) is 0 Å². The van der Waals surface area contributed by atoms with Crippen molar-refractivity contribution in [3.8, 4) is 0 Å². The molecule has 4 nitrogen and oxygen atoms in total. The molecule has 2 N–H and O–H groups in total. The van der Waals surface area contributed by atoms with Gasteiger partial charge in [0.15, 0.2) is 0 Å². The van der Waals surface area contributed by atoms with E-state index in [1.54, 1.807) is 23.0 Å². The number of rotatable bonds is 0. The third-order valence-corrected chi connectivity index (χ3v) is 1.38. The number of fused-ring (bicyclic) bond motifs is 1. The van der Waals surface area contributed by atoms with Crippen molar-refractivity contribution in [2.75, 3.05) is 5.73 Å². The summed E-state index contributed by atoms with van der Waals surface area (Å²) in [4.78, 5) is 3.83. The zero-order valence-electron chi connectivity index (χ0n) is 5.23. The standard InChI is InChI=1S/C6H6N4/c7-5-1-2-10-6(5)3-8-4-9-10/h1-4H,7H2. The lowest BCUT2D eigenvalue weighted by Gasteiger charge is -1.89. The van der Waals surface area contributed by atoms with Crippen molar-refractivity contribution in [2.45, 2.75) is 0 Å². The molecule has 2 aromatic heterocycles. The second-order valence-electron chi connectivity index (χ2n) is 2.01. The molecule has 0 radical (unpaired) electrons. The Kier molecular flexibility index (Phi) is 0.887. The van der Waals surface area contributed by atoms with E-state index in [0.717, 1.165) is 5.52 Å². The number of hydrogen-bond donors (Lipinski definition) is 1. The molecule has 10 heavy (non-hydrogen) atoms. The molecule has 2 rings (SSSR count). The Morgan fingerprint density at radius 2 is 2.40 bits per heavy atom. The molecule has 0 spiro atoms. The van der Waals surface area contributed by atoms with Crippen LogP contribution in [0, 0.1) is 0 Å². The van der Waals surface area contributed by atoms with Crippen molar-refractivity contribution < 1.29 is 0 Å². The van der Waals surface area contributed by atoms with E-state index in [1.165, 1.54) is 6.33 Å². The molecule has 50 valence electrons. The number of nitrogens with two attached hydrogens (primary N) is 1. The van der Waals surface area contributed by atoms with Gasteiger partial charge in [0, 0.05) is 6.20 Å². The monoisotopic (exact) mass is 134 g/mol. The molecule has 0 saturated heterocycles. The van der Waals surface area contributed by atoms with Gasteiger partial charge in [-0.05, 0) is 6.07 Å². The lowest BCUT2D eigenvalue weighted by molar-refractivity contribution is 0.903. The highest BCUT2D eigenvalue weighted by Gasteiger charge is 1.95. The Bertz CT molecular complexity index is 351. The van der Waals surface area contributed by atoms with Gasteiger partial charge in [0.1, 0.15) is 11.8 Å². The van der Waals surface area contributed by atoms with Crippen molar-refractivity contribution in [3.05, 3.63) is 24.8 Å². The van der Waals surface area contributed by atoms with Crippen LogP contribution in [0.4, 0.5) is 5.69 Å². The summed E-state index contributed by atoms with van der Waals surface area (Å²) in [6.45, 7) is 0. The Labute approximate surface area is 57.3 Å². The number of hydrogen-bond acceptors (Lipinski definition) is 3. The van der Waals surface area contributed by atoms with Crippen molar-refractivity contribution in [3.63, 3.8) is 0 Å². The van der Waals surface area contributed by atoms with Gasteiger partial charge in [0.05, 0.1) is 11.9 Å². The molecule has 2 heterocycles. The average Bonchev–Trinajstić information content (AvgIpc) is 2.34. The number of nitrogen functional groups attached to an aromatic ring is 1. The van der Waals surface area contributed by atoms with E-state index in [1.807, 2.05) is 0 Å². The Hall–Kier alpha value is -1.58. The Balaban J connectivity index is 2.93. The minimum Gasteiger partial charge on any atom is -0.397 e. The fraction of sp³-hybridized carbons (Fsp3) is 0. The number of anilines is 1. The SMILES string of the molecule is Nc1ccn2ncncc12. The van der Waals surface area contributed by atoms with Crippen LogP contribution in [0.1, 0.15) is 0 Å². The third kappa shape index (κ3) is 0.556. The maximum Gasteiger partial charge on any atom is 0.136 e. The van der Waals surface area contributed by atoms with Gasteiger partial charge in [-0.3, -0.25) is 0 Å². The van der Waals surface area contributed by atoms with Crippen molar-refractivity contribution >= 4 is 11.2 Å². The Morgan fingerprint density at radius 1 is 1.50 bits per heavy atom. The lowest BCUT2D eigenvalue weighted by Crippen LogP contribution is -1.90. The van der Waals surface area contributed by atoms with Gasteiger partial charge in [-0.2, -0.15) is 5.10 Å². The molecule has 0 amide bonds. The van der Waals surface area contributed by atoms with E-state index in [4.69, 9.17) is 5.73 Å². The predicted octanol–water partition coefficient (Wildman–Crippen LogP) is 0.311. The van der Waals surface area contributed by atoms with Crippen LogP contribution in [0.2, 0.25) is 0 Å². The first-order valence-electron chi connectivity index (χ1n) is 2.91. The quantitative estimate of drug-likeness (QED) is 0.564. The maximum atomic E-state index is 5.58. The summed E-state index contributed by atoms with van der Waals surface area (Å²) in [6, 6.07) is 1.80. The highest BCUT2D eigenvalue weighted by Crippen LogP contribution is 2.09. The second kappa shape index (κ2) is 1.70. The summed E-state index contributed by atoms with van der Waals surface area (Å²) in [6.07, 6.45) is 4.96. The minimum atomic E-state index is 0.709. The second-order valence-corrected chi connectivity index (χ2v) is 2.01. The molecule has 0 unspecified atom stereocenters. The molecule has 0 saturated carbocycles. The lowest BCUT2D eigenvalue weighted by atomic mass is 10.5. The third-order valence-electron chi connectivity index (χ3n) is 1.38. The summed E-state index contributed by atoms with van der Waals surface area (Å²) in [7, 11) is 0. The van der Waals surface area contributed by atoms with Crippen molar-refractivity contribution in [1.29, 1.82) is 0 Å². The summed E-state index contributed by atoms with van der Waals surface area (Å²) < 4.78 is 1.68. The summed E-state index contributed by atoms with van der Waals surface area (Å²) in [5, 5.41) is 3.93. The molecule has 0 fully saturated rings. The molecular weight excluding hydrogens is 128 g/mol. The fourth-order valence-corrected chi connectivity index (χ4v) is 0.873. The molecule has 0 bridgehead atoms. The van der Waals surface area contributed by atoms with Crippen molar-refractivity contribution in [1.82, 2.24) is 14.6 Å². The van der Waals surface area contributed by atoms with E-state index in [2.05, 4.69) is 10.1 Å². The fourth-order valence-electron chi connectivity index (χ4n) is 0.873. The zero-order chi connectivity index (χ0) is 6.97. The largest absolute Gasteiger partial charge is 0.397 e. The average molecular weight is 134 g/mol. The smallest absolute Gasteiger partial charge is 0.136 e. The molecule has 2 aromatic rings. The molecule has 0 atom stereocenters. The maximum absolute atomic E-state index is 5.58. The van der Waals surface area contributed by atoms with Crippen LogP contribution in [0.5, 0.6) is 0 Å². The zero-order valence-corrected chi connectivity index (χ0v) is 5.23. The first kappa shape index (κ1) is 5.22. The number of nitrogens with zero attached hydrogens (tertiary/aromatic N) is 3. The van der Waals surface area contributed by atoms with Gasteiger partial charge in [0.2, 0.25) is 0 Å². The van der Waals surface area contributed by atoms with Crippen LogP contribution in [0.3, 0.4) is 0 Å². The molecule has 0 aliphatic carbocycles.